The van der Waals surface area contributed by atoms with Gasteiger partial charge in [-0.25, -0.2) is 15.0 Å². The monoisotopic (exact) mass is 498 g/mol. The normalized spacial score (nSPS) is 16.2. The zero-order valence-corrected chi connectivity index (χ0v) is 20.8. The number of anilines is 1. The van der Waals surface area contributed by atoms with E-state index in [9.17, 15) is 0 Å². The lowest BCUT2D eigenvalue weighted by Crippen LogP contribution is -2.70. The van der Waals surface area contributed by atoms with Crippen LogP contribution in [0.5, 0.6) is 0 Å². The number of nitriles is 1. The van der Waals surface area contributed by atoms with E-state index in [1.54, 1.807) is 6.20 Å². The van der Waals surface area contributed by atoms with Crippen molar-refractivity contribution in [2.75, 3.05) is 31.9 Å². The highest BCUT2D eigenvalue weighted by molar-refractivity contribution is 5.84. The minimum absolute atomic E-state index is 0.325. The van der Waals surface area contributed by atoms with Crippen LogP contribution < -0.4 is 5.73 Å². The average Bonchev–Trinajstić information content (AvgIpc) is 3.29. The summed E-state index contributed by atoms with van der Waals surface area (Å²) in [4.78, 5) is 18.6. The zero-order valence-electron chi connectivity index (χ0n) is 20.8. The van der Waals surface area contributed by atoms with Crippen LogP contribution in [0.4, 0.5) is 5.82 Å². The molecule has 0 atom stereocenters. The van der Waals surface area contributed by atoms with Gasteiger partial charge in [0.2, 0.25) is 0 Å². The van der Waals surface area contributed by atoms with Gasteiger partial charge in [0.25, 0.3) is 0 Å². The number of hydrogen-bond donors (Lipinski definition) is 1. The number of imidazole rings is 1. The first kappa shape index (κ1) is 22.5. The SMILES string of the molecule is N#CN1CC2(C1)CN(Cc1ccc(-n3c(-c4cccnc4N)nc4ccc(-c5ccccc5)nc43)cc1)C2. The smallest absolute Gasteiger partial charge is 0.179 e. The molecule has 186 valence electrons. The van der Waals surface area contributed by atoms with Gasteiger partial charge in [-0.1, -0.05) is 42.5 Å². The molecule has 0 aliphatic carbocycles. The van der Waals surface area contributed by atoms with E-state index < -0.39 is 0 Å². The van der Waals surface area contributed by atoms with Gasteiger partial charge < -0.3 is 10.6 Å². The zero-order chi connectivity index (χ0) is 25.7. The molecule has 0 bridgehead atoms. The molecule has 5 aromatic rings. The third kappa shape index (κ3) is 3.76. The van der Waals surface area contributed by atoms with Crippen molar-refractivity contribution in [1.29, 1.82) is 5.26 Å². The summed E-state index contributed by atoms with van der Waals surface area (Å²) >= 11 is 0. The van der Waals surface area contributed by atoms with Crippen molar-refractivity contribution in [2.45, 2.75) is 6.54 Å². The van der Waals surface area contributed by atoms with Crippen LogP contribution in [0.3, 0.4) is 0 Å². The summed E-state index contributed by atoms with van der Waals surface area (Å²) in [6.45, 7) is 4.79. The lowest BCUT2D eigenvalue weighted by atomic mass is 9.73. The number of nitrogen functional groups attached to an aromatic ring is 1. The van der Waals surface area contributed by atoms with Gasteiger partial charge in [-0.2, -0.15) is 5.26 Å². The van der Waals surface area contributed by atoms with E-state index in [0.717, 1.165) is 66.4 Å². The largest absolute Gasteiger partial charge is 0.383 e. The lowest BCUT2D eigenvalue weighted by molar-refractivity contribution is -0.0957. The Balaban J connectivity index is 1.24. The molecule has 5 heterocycles. The van der Waals surface area contributed by atoms with E-state index in [4.69, 9.17) is 21.0 Å². The van der Waals surface area contributed by atoms with Gasteiger partial charge in [0.05, 0.1) is 11.3 Å². The van der Waals surface area contributed by atoms with E-state index in [1.807, 2.05) is 47.4 Å². The first-order valence-corrected chi connectivity index (χ1v) is 12.7. The van der Waals surface area contributed by atoms with Crippen molar-refractivity contribution < 1.29 is 0 Å². The second kappa shape index (κ2) is 8.68. The third-order valence-corrected chi connectivity index (χ3v) is 7.57. The van der Waals surface area contributed by atoms with E-state index in [0.29, 0.717) is 17.1 Å². The molecular formula is C30H26N8. The Labute approximate surface area is 220 Å². The van der Waals surface area contributed by atoms with Crippen LogP contribution in [0.15, 0.2) is 85.1 Å². The Morgan fingerprint density at radius 3 is 2.39 bits per heavy atom. The average molecular weight is 499 g/mol. The molecule has 2 aliphatic heterocycles. The van der Waals surface area contributed by atoms with E-state index in [1.165, 1.54) is 5.56 Å². The summed E-state index contributed by atoms with van der Waals surface area (Å²) in [5, 5.41) is 9.03. The summed E-state index contributed by atoms with van der Waals surface area (Å²) < 4.78 is 2.07. The van der Waals surface area contributed by atoms with Gasteiger partial charge in [-0.3, -0.25) is 9.47 Å². The molecule has 0 saturated carbocycles. The molecule has 0 unspecified atom stereocenters. The van der Waals surface area contributed by atoms with Crippen LogP contribution in [0.1, 0.15) is 5.56 Å². The first-order valence-electron chi connectivity index (χ1n) is 12.7. The molecule has 8 nitrogen and oxygen atoms in total. The van der Waals surface area contributed by atoms with E-state index in [2.05, 4.69) is 57.0 Å². The predicted molar refractivity (Wildman–Crippen MR) is 147 cm³/mol. The highest BCUT2D eigenvalue weighted by Gasteiger charge is 2.51. The maximum absolute atomic E-state index is 9.03. The molecule has 2 fully saturated rings. The number of pyridine rings is 2. The van der Waals surface area contributed by atoms with Crippen molar-refractivity contribution in [1.82, 2.24) is 29.3 Å². The van der Waals surface area contributed by atoms with Crippen molar-refractivity contribution in [3.63, 3.8) is 0 Å². The topological polar surface area (TPSA) is 99.9 Å². The Kier molecular flexibility index (Phi) is 5.13. The van der Waals surface area contributed by atoms with Gasteiger partial charge in [0.1, 0.15) is 11.3 Å². The van der Waals surface area contributed by atoms with Gasteiger partial charge >= 0.3 is 0 Å². The van der Waals surface area contributed by atoms with Crippen LogP contribution in [0, 0.1) is 16.9 Å². The molecule has 2 N–H and O–H groups in total. The number of aromatic nitrogens is 4. The Bertz CT molecular complexity index is 1670. The van der Waals surface area contributed by atoms with Crippen LogP contribution in [0.2, 0.25) is 0 Å². The molecule has 0 radical (unpaired) electrons. The Hall–Kier alpha value is -4.74. The number of nitrogens with two attached hydrogens (primary N) is 1. The molecule has 38 heavy (non-hydrogen) atoms. The predicted octanol–water partition coefficient (Wildman–Crippen LogP) is 4.33. The molecule has 2 saturated heterocycles. The highest BCUT2D eigenvalue weighted by Crippen LogP contribution is 2.40. The third-order valence-electron chi connectivity index (χ3n) is 7.57. The minimum atomic E-state index is 0.325. The van der Waals surface area contributed by atoms with Crippen LogP contribution in [0.25, 0.3) is 39.5 Å². The molecule has 0 amide bonds. The van der Waals surface area contributed by atoms with Crippen molar-refractivity contribution in [3.8, 4) is 34.5 Å². The molecule has 8 heteroatoms. The van der Waals surface area contributed by atoms with Gasteiger partial charge in [-0.05, 0) is 42.0 Å². The summed E-state index contributed by atoms with van der Waals surface area (Å²) in [6, 6.07) is 26.6. The second-order valence-electron chi connectivity index (χ2n) is 10.4. The number of hydrogen-bond acceptors (Lipinski definition) is 7. The Morgan fingerprint density at radius 1 is 0.868 bits per heavy atom. The van der Waals surface area contributed by atoms with Crippen molar-refractivity contribution in [3.05, 3.63) is 90.6 Å². The Morgan fingerprint density at radius 2 is 1.66 bits per heavy atom. The fourth-order valence-corrected chi connectivity index (χ4v) is 5.82. The molecule has 2 aromatic carbocycles. The van der Waals surface area contributed by atoms with Crippen molar-refractivity contribution in [2.24, 2.45) is 5.41 Å². The second-order valence-corrected chi connectivity index (χ2v) is 10.4. The maximum Gasteiger partial charge on any atom is 0.179 e. The summed E-state index contributed by atoms with van der Waals surface area (Å²) in [7, 11) is 0. The molecule has 1 spiro atoms. The minimum Gasteiger partial charge on any atom is -0.383 e. The standard InChI is InChI=1S/C30H26N8/c31-20-37-18-30(19-37)16-36(17-30)15-21-8-10-23(11-9-21)38-28(24-7-4-14-33-27(24)32)35-26-13-12-25(34-29(26)38)22-5-2-1-3-6-22/h1-14H,15-19H2,(H2,32,33). The molecular weight excluding hydrogens is 472 g/mol. The molecule has 3 aromatic heterocycles. The van der Waals surface area contributed by atoms with Crippen LogP contribution >= 0.6 is 0 Å². The highest BCUT2D eigenvalue weighted by atomic mass is 15.3. The molecule has 7 rings (SSSR count). The number of likely N-dealkylation sites (tertiary alicyclic amines) is 2. The van der Waals surface area contributed by atoms with Gasteiger partial charge in [0.15, 0.2) is 17.7 Å². The van der Waals surface area contributed by atoms with E-state index in [-0.39, 0.29) is 0 Å². The van der Waals surface area contributed by atoms with Crippen LogP contribution in [-0.4, -0.2) is 55.5 Å². The lowest BCUT2D eigenvalue weighted by Gasteiger charge is -2.58. The summed E-state index contributed by atoms with van der Waals surface area (Å²) in [5.41, 5.74) is 13.1. The van der Waals surface area contributed by atoms with Gasteiger partial charge in [0, 0.05) is 55.6 Å². The quantitative estimate of drug-likeness (QED) is 0.360. The summed E-state index contributed by atoms with van der Waals surface area (Å²) in [5.74, 6) is 1.15. The number of benzene rings is 2. The van der Waals surface area contributed by atoms with Crippen molar-refractivity contribution >= 4 is 17.0 Å². The van der Waals surface area contributed by atoms with E-state index >= 15 is 0 Å². The maximum atomic E-state index is 9.03. The van der Waals surface area contributed by atoms with Gasteiger partial charge in [-0.15, -0.1) is 0 Å². The summed E-state index contributed by atoms with van der Waals surface area (Å²) in [6.07, 6.45) is 3.93. The fraction of sp³-hybridized carbons (Fsp3) is 0.200. The molecule has 2 aliphatic rings. The number of fused-ring (bicyclic) bond motifs is 1. The van der Waals surface area contributed by atoms with Crippen LogP contribution in [-0.2, 0) is 6.54 Å². The fourth-order valence-electron chi connectivity index (χ4n) is 5.82. The number of nitrogens with zero attached hydrogens (tertiary/aromatic N) is 7. The number of rotatable bonds is 5. The first-order chi connectivity index (χ1) is 18.6.